The van der Waals surface area contributed by atoms with Crippen LogP contribution in [0.3, 0.4) is 0 Å². The minimum absolute atomic E-state index is 0.297. The van der Waals surface area contributed by atoms with Crippen LogP contribution in [0.4, 0.5) is 0 Å². The number of hydrogen-bond donors (Lipinski definition) is 1. The summed E-state index contributed by atoms with van der Waals surface area (Å²) in [7, 11) is 0. The van der Waals surface area contributed by atoms with Gasteiger partial charge in [0.1, 0.15) is 0 Å². The van der Waals surface area contributed by atoms with E-state index in [2.05, 4.69) is 64.2 Å². The third kappa shape index (κ3) is 3.35. The second kappa shape index (κ2) is 6.94. The predicted molar refractivity (Wildman–Crippen MR) is 81.3 cm³/mol. The normalized spacial score (nSPS) is 12.1. The maximum Gasteiger partial charge on any atom is 0.00725 e. The first kappa shape index (κ1) is 15.2. The van der Waals surface area contributed by atoms with Crippen molar-refractivity contribution in [3.63, 3.8) is 0 Å². The molecular weight excluding hydrogens is 218 g/mol. The highest BCUT2D eigenvalue weighted by Crippen LogP contribution is 2.32. The van der Waals surface area contributed by atoms with Gasteiger partial charge in [-0.25, -0.2) is 0 Å². The van der Waals surface area contributed by atoms with Gasteiger partial charge in [-0.2, -0.15) is 0 Å². The zero-order chi connectivity index (χ0) is 13.6. The molecule has 0 unspecified atom stereocenters. The Hall–Kier alpha value is -0.820. The fourth-order valence-electron chi connectivity index (χ4n) is 2.60. The first-order chi connectivity index (χ1) is 8.59. The molecule has 0 aliphatic rings. The van der Waals surface area contributed by atoms with E-state index in [1.807, 2.05) is 0 Å². The summed E-state index contributed by atoms with van der Waals surface area (Å²) in [4.78, 5) is 0. The van der Waals surface area contributed by atoms with Crippen molar-refractivity contribution in [3.05, 3.63) is 35.4 Å². The molecule has 1 nitrogen and oxygen atoms in total. The van der Waals surface area contributed by atoms with Crippen LogP contribution in [0, 0.1) is 0 Å². The van der Waals surface area contributed by atoms with Crippen LogP contribution in [0.1, 0.15) is 64.5 Å². The molecule has 1 heteroatoms. The smallest absolute Gasteiger partial charge is 0.00725 e. The van der Waals surface area contributed by atoms with Crippen LogP contribution in [0.25, 0.3) is 0 Å². The van der Waals surface area contributed by atoms with Crippen molar-refractivity contribution in [1.29, 1.82) is 0 Å². The number of benzene rings is 1. The van der Waals surface area contributed by atoms with Crippen LogP contribution < -0.4 is 5.32 Å². The van der Waals surface area contributed by atoms with E-state index in [0.29, 0.717) is 11.3 Å². The van der Waals surface area contributed by atoms with Crippen LogP contribution in [0.2, 0.25) is 0 Å². The van der Waals surface area contributed by atoms with E-state index < -0.39 is 0 Å². The summed E-state index contributed by atoms with van der Waals surface area (Å²) in [5, 5.41) is 3.53. The fourth-order valence-corrected chi connectivity index (χ4v) is 2.60. The van der Waals surface area contributed by atoms with Crippen molar-refractivity contribution in [2.75, 3.05) is 13.1 Å². The molecule has 0 radical (unpaired) electrons. The molecule has 0 aliphatic heterocycles. The highest BCUT2D eigenvalue weighted by atomic mass is 14.9. The lowest BCUT2D eigenvalue weighted by atomic mass is 9.75. The van der Waals surface area contributed by atoms with Crippen molar-refractivity contribution < 1.29 is 0 Å². The van der Waals surface area contributed by atoms with Crippen LogP contribution in [-0.4, -0.2) is 13.1 Å². The van der Waals surface area contributed by atoms with Crippen molar-refractivity contribution in [3.8, 4) is 0 Å². The van der Waals surface area contributed by atoms with Gasteiger partial charge >= 0.3 is 0 Å². The van der Waals surface area contributed by atoms with Gasteiger partial charge in [-0.05, 0) is 36.4 Å². The third-order valence-corrected chi connectivity index (χ3v) is 4.26. The Bertz CT molecular complexity index is 333. The Morgan fingerprint density at radius 3 is 1.94 bits per heavy atom. The molecule has 0 fully saturated rings. The van der Waals surface area contributed by atoms with Gasteiger partial charge in [-0.1, -0.05) is 58.9 Å². The van der Waals surface area contributed by atoms with Crippen molar-refractivity contribution in [2.45, 2.75) is 58.8 Å². The van der Waals surface area contributed by atoms with Gasteiger partial charge in [0.25, 0.3) is 0 Å². The van der Waals surface area contributed by atoms with E-state index in [4.69, 9.17) is 0 Å². The molecule has 1 N–H and O–H groups in total. The molecule has 0 saturated carbocycles. The standard InChI is InChI=1S/C17H29N/c1-6-17(7-2,13-18-8-3)16-11-9-15(10-12-16)14(4)5/h9-12,14,18H,6-8,13H2,1-5H3. The molecule has 0 aliphatic carbocycles. The first-order valence-electron chi connectivity index (χ1n) is 7.40. The van der Waals surface area contributed by atoms with Crippen molar-refractivity contribution >= 4 is 0 Å². The Labute approximate surface area is 113 Å². The zero-order valence-corrected chi connectivity index (χ0v) is 12.7. The Morgan fingerprint density at radius 1 is 1.00 bits per heavy atom. The summed E-state index contributed by atoms with van der Waals surface area (Å²) < 4.78 is 0. The molecule has 18 heavy (non-hydrogen) atoms. The largest absolute Gasteiger partial charge is 0.316 e. The number of rotatable bonds is 7. The lowest BCUT2D eigenvalue weighted by Crippen LogP contribution is -2.37. The predicted octanol–water partition coefficient (Wildman–Crippen LogP) is 4.48. The van der Waals surface area contributed by atoms with E-state index in [1.165, 1.54) is 24.0 Å². The molecule has 0 aromatic heterocycles. The molecule has 1 aromatic carbocycles. The second-order valence-electron chi connectivity index (χ2n) is 5.54. The minimum atomic E-state index is 0.297. The Balaban J connectivity index is 2.98. The summed E-state index contributed by atoms with van der Waals surface area (Å²) in [5.74, 6) is 0.616. The van der Waals surface area contributed by atoms with Gasteiger partial charge in [-0.15, -0.1) is 0 Å². The molecule has 0 bridgehead atoms. The highest BCUT2D eigenvalue weighted by molar-refractivity contribution is 5.31. The molecule has 0 spiro atoms. The zero-order valence-electron chi connectivity index (χ0n) is 12.7. The monoisotopic (exact) mass is 247 g/mol. The van der Waals surface area contributed by atoms with Crippen LogP contribution in [0.5, 0.6) is 0 Å². The second-order valence-corrected chi connectivity index (χ2v) is 5.54. The van der Waals surface area contributed by atoms with E-state index in [1.54, 1.807) is 0 Å². The fraction of sp³-hybridized carbons (Fsp3) is 0.647. The van der Waals surface area contributed by atoms with Crippen molar-refractivity contribution in [1.82, 2.24) is 5.32 Å². The topological polar surface area (TPSA) is 12.0 Å². The quantitative estimate of drug-likeness (QED) is 0.749. The minimum Gasteiger partial charge on any atom is -0.316 e. The molecule has 0 amide bonds. The van der Waals surface area contributed by atoms with Gasteiger partial charge in [0.2, 0.25) is 0 Å². The number of likely N-dealkylation sites (N-methyl/N-ethyl adjacent to an activating group) is 1. The third-order valence-electron chi connectivity index (χ3n) is 4.26. The van der Waals surface area contributed by atoms with Gasteiger partial charge < -0.3 is 5.32 Å². The first-order valence-corrected chi connectivity index (χ1v) is 7.40. The maximum atomic E-state index is 3.53. The van der Waals surface area contributed by atoms with Gasteiger partial charge in [0, 0.05) is 12.0 Å². The van der Waals surface area contributed by atoms with Gasteiger partial charge in [0.15, 0.2) is 0 Å². The molecule has 0 heterocycles. The van der Waals surface area contributed by atoms with Crippen LogP contribution in [0.15, 0.2) is 24.3 Å². The van der Waals surface area contributed by atoms with E-state index in [9.17, 15) is 0 Å². The Morgan fingerprint density at radius 2 is 1.56 bits per heavy atom. The number of nitrogens with one attached hydrogen (secondary N) is 1. The number of hydrogen-bond acceptors (Lipinski definition) is 1. The Kier molecular flexibility index (Phi) is 5.87. The SMILES string of the molecule is CCNCC(CC)(CC)c1ccc(C(C)C)cc1. The average molecular weight is 247 g/mol. The summed E-state index contributed by atoms with van der Waals surface area (Å²) in [6.07, 6.45) is 2.38. The summed E-state index contributed by atoms with van der Waals surface area (Å²) in [6.45, 7) is 13.4. The van der Waals surface area contributed by atoms with Gasteiger partial charge in [0.05, 0.1) is 0 Å². The molecule has 1 rings (SSSR count). The average Bonchev–Trinajstić information content (AvgIpc) is 2.41. The molecule has 0 saturated heterocycles. The van der Waals surface area contributed by atoms with Gasteiger partial charge in [-0.3, -0.25) is 0 Å². The summed E-state index contributed by atoms with van der Waals surface area (Å²) in [6, 6.07) is 9.26. The maximum absolute atomic E-state index is 3.53. The van der Waals surface area contributed by atoms with E-state index in [-0.39, 0.29) is 0 Å². The van der Waals surface area contributed by atoms with E-state index >= 15 is 0 Å². The van der Waals surface area contributed by atoms with Crippen LogP contribution >= 0.6 is 0 Å². The molecular formula is C17H29N. The van der Waals surface area contributed by atoms with E-state index in [0.717, 1.165) is 13.1 Å². The lowest BCUT2D eigenvalue weighted by Gasteiger charge is -2.33. The summed E-state index contributed by atoms with van der Waals surface area (Å²) >= 11 is 0. The molecule has 102 valence electrons. The highest BCUT2D eigenvalue weighted by Gasteiger charge is 2.27. The molecule has 0 atom stereocenters. The summed E-state index contributed by atoms with van der Waals surface area (Å²) in [5.41, 5.74) is 3.21. The molecule has 1 aromatic rings. The van der Waals surface area contributed by atoms with Crippen molar-refractivity contribution in [2.24, 2.45) is 0 Å². The lowest BCUT2D eigenvalue weighted by molar-refractivity contribution is 0.372. The van der Waals surface area contributed by atoms with Crippen LogP contribution in [-0.2, 0) is 5.41 Å².